The summed E-state index contributed by atoms with van der Waals surface area (Å²) in [6, 6.07) is 4.96. The molecule has 0 spiro atoms. The van der Waals surface area contributed by atoms with E-state index in [2.05, 4.69) is 5.32 Å². The van der Waals surface area contributed by atoms with Gasteiger partial charge in [0.2, 0.25) is 5.91 Å². The molecule has 4 nitrogen and oxygen atoms in total. The highest BCUT2D eigenvalue weighted by Crippen LogP contribution is 2.29. The largest absolute Gasteiger partial charge is 0.372 e. The highest BCUT2D eigenvalue weighted by atomic mass is 35.5. The zero-order valence-electron chi connectivity index (χ0n) is 11.9. The van der Waals surface area contributed by atoms with Crippen molar-refractivity contribution in [3.05, 3.63) is 28.8 Å². The highest BCUT2D eigenvalue weighted by molar-refractivity contribution is 6.33. The molecule has 5 heteroatoms. The van der Waals surface area contributed by atoms with Gasteiger partial charge in [0.1, 0.15) is 6.04 Å². The lowest BCUT2D eigenvalue weighted by Gasteiger charge is -2.22. The van der Waals surface area contributed by atoms with Crippen molar-refractivity contribution < 1.29 is 9.59 Å². The molecule has 1 heterocycles. The Morgan fingerprint density at radius 3 is 2.75 bits per heavy atom. The fourth-order valence-corrected chi connectivity index (χ4v) is 2.67. The van der Waals surface area contributed by atoms with Crippen molar-refractivity contribution in [2.75, 3.05) is 5.32 Å². The van der Waals surface area contributed by atoms with Gasteiger partial charge in [0.25, 0.3) is 5.91 Å². The zero-order valence-corrected chi connectivity index (χ0v) is 12.7. The molecule has 2 rings (SSSR count). The molecule has 0 aliphatic carbocycles. The summed E-state index contributed by atoms with van der Waals surface area (Å²) in [6.45, 7) is 5.77. The summed E-state index contributed by atoms with van der Waals surface area (Å²) < 4.78 is 0. The maximum absolute atomic E-state index is 12.3. The third-order valence-corrected chi connectivity index (χ3v) is 4.07. The second kappa shape index (κ2) is 5.83. The molecule has 0 aromatic heterocycles. The predicted octanol–water partition coefficient (Wildman–Crippen LogP) is 2.99. The number of nitrogens with one attached hydrogen (secondary N) is 1. The zero-order chi connectivity index (χ0) is 14.9. The van der Waals surface area contributed by atoms with Crippen molar-refractivity contribution in [1.29, 1.82) is 0 Å². The first-order chi connectivity index (χ1) is 9.45. The van der Waals surface area contributed by atoms with Crippen LogP contribution in [0.3, 0.4) is 0 Å². The van der Waals surface area contributed by atoms with E-state index in [1.54, 1.807) is 6.07 Å². The van der Waals surface area contributed by atoms with Crippen LogP contribution in [0.25, 0.3) is 0 Å². The summed E-state index contributed by atoms with van der Waals surface area (Å²) >= 11 is 6.15. The lowest BCUT2D eigenvalue weighted by molar-refractivity contribution is -0.140. The van der Waals surface area contributed by atoms with Crippen LogP contribution < -0.4 is 5.32 Å². The van der Waals surface area contributed by atoms with Crippen molar-refractivity contribution in [1.82, 2.24) is 4.90 Å². The van der Waals surface area contributed by atoms with Crippen LogP contribution in [0.2, 0.25) is 5.02 Å². The van der Waals surface area contributed by atoms with Crippen LogP contribution in [0.1, 0.15) is 32.3 Å². The molecule has 108 valence electrons. The number of para-hydroxylation sites is 1. The molecule has 1 aromatic rings. The lowest BCUT2D eigenvalue weighted by atomic mass is 10.1. The number of carbonyl (C=O) groups excluding carboxylic acids is 2. The van der Waals surface area contributed by atoms with E-state index in [1.165, 1.54) is 4.90 Å². The van der Waals surface area contributed by atoms with Crippen LogP contribution in [0, 0.1) is 6.92 Å². The fourth-order valence-electron chi connectivity index (χ4n) is 2.40. The monoisotopic (exact) mass is 294 g/mol. The maximum Gasteiger partial charge on any atom is 0.252 e. The first-order valence-electron chi connectivity index (χ1n) is 6.83. The number of hydrogen-bond acceptors (Lipinski definition) is 3. The molecule has 1 aromatic carbocycles. The van der Waals surface area contributed by atoms with Gasteiger partial charge < -0.3 is 5.32 Å². The van der Waals surface area contributed by atoms with Crippen molar-refractivity contribution in [3.63, 3.8) is 0 Å². The molecule has 0 radical (unpaired) electrons. The maximum atomic E-state index is 12.3. The lowest BCUT2D eigenvalue weighted by Crippen LogP contribution is -2.40. The van der Waals surface area contributed by atoms with E-state index in [9.17, 15) is 9.59 Å². The molecule has 1 N–H and O–H groups in total. The van der Waals surface area contributed by atoms with Gasteiger partial charge in [-0.05, 0) is 31.9 Å². The standard InChI is InChI=1S/C15H19ClN2O2/c1-4-10(3)18-13(19)8-12(15(18)20)17-14-9(2)6-5-7-11(14)16/h5-7,10,12,17H,4,8H2,1-3H3. The number of imide groups is 1. The quantitative estimate of drug-likeness (QED) is 0.869. The normalized spacial score (nSPS) is 20.4. The Kier molecular flexibility index (Phi) is 4.33. The summed E-state index contributed by atoms with van der Waals surface area (Å²) in [7, 11) is 0. The van der Waals surface area contributed by atoms with E-state index >= 15 is 0 Å². The molecule has 1 saturated heterocycles. The second-order valence-corrected chi connectivity index (χ2v) is 5.60. The van der Waals surface area contributed by atoms with Crippen LogP contribution in [0.5, 0.6) is 0 Å². The Hall–Kier alpha value is -1.55. The molecule has 0 saturated carbocycles. The number of likely N-dealkylation sites (tertiary alicyclic amines) is 1. The first kappa shape index (κ1) is 14.9. The number of hydrogen-bond donors (Lipinski definition) is 1. The van der Waals surface area contributed by atoms with Crippen LogP contribution in [0.4, 0.5) is 5.69 Å². The molecule has 2 amide bonds. The van der Waals surface area contributed by atoms with Gasteiger partial charge in [0.15, 0.2) is 0 Å². The third kappa shape index (κ3) is 2.66. The summed E-state index contributed by atoms with van der Waals surface area (Å²) in [5.41, 5.74) is 1.69. The number of halogens is 1. The van der Waals surface area contributed by atoms with Gasteiger partial charge in [-0.1, -0.05) is 30.7 Å². The Morgan fingerprint density at radius 2 is 2.15 bits per heavy atom. The molecule has 1 aliphatic rings. The SMILES string of the molecule is CCC(C)N1C(=O)CC(Nc2c(C)cccc2Cl)C1=O. The number of anilines is 1. The number of benzene rings is 1. The molecule has 0 bridgehead atoms. The van der Waals surface area contributed by atoms with Crippen LogP contribution in [-0.2, 0) is 9.59 Å². The van der Waals surface area contributed by atoms with Crippen LogP contribution >= 0.6 is 11.6 Å². The fraction of sp³-hybridized carbons (Fsp3) is 0.467. The average molecular weight is 295 g/mol. The predicted molar refractivity (Wildman–Crippen MR) is 79.8 cm³/mol. The van der Waals surface area contributed by atoms with Gasteiger partial charge in [-0.3, -0.25) is 14.5 Å². The molecule has 2 unspecified atom stereocenters. The molecular weight excluding hydrogens is 276 g/mol. The van der Waals surface area contributed by atoms with E-state index < -0.39 is 6.04 Å². The van der Waals surface area contributed by atoms with Gasteiger partial charge in [-0.15, -0.1) is 0 Å². The number of nitrogens with zero attached hydrogens (tertiary/aromatic N) is 1. The summed E-state index contributed by atoms with van der Waals surface area (Å²) in [6.07, 6.45) is 0.948. The third-order valence-electron chi connectivity index (χ3n) is 3.76. The van der Waals surface area contributed by atoms with Gasteiger partial charge in [-0.2, -0.15) is 0 Å². The Labute approximate surface area is 124 Å². The molecule has 20 heavy (non-hydrogen) atoms. The topological polar surface area (TPSA) is 49.4 Å². The van der Waals surface area contributed by atoms with E-state index in [-0.39, 0.29) is 24.3 Å². The number of rotatable bonds is 4. The Morgan fingerprint density at radius 1 is 1.45 bits per heavy atom. The highest BCUT2D eigenvalue weighted by Gasteiger charge is 2.40. The number of carbonyl (C=O) groups is 2. The van der Waals surface area contributed by atoms with Gasteiger partial charge >= 0.3 is 0 Å². The summed E-state index contributed by atoms with van der Waals surface area (Å²) in [5.74, 6) is -0.282. The Bertz CT molecular complexity index is 524. The van der Waals surface area contributed by atoms with E-state index in [0.29, 0.717) is 5.02 Å². The van der Waals surface area contributed by atoms with Crippen molar-refractivity contribution in [3.8, 4) is 0 Å². The molecule has 1 fully saturated rings. The minimum absolute atomic E-state index is 0.0610. The van der Waals surface area contributed by atoms with E-state index in [1.807, 2.05) is 32.9 Å². The van der Waals surface area contributed by atoms with Crippen molar-refractivity contribution in [2.45, 2.75) is 45.7 Å². The first-order valence-corrected chi connectivity index (χ1v) is 7.21. The van der Waals surface area contributed by atoms with Gasteiger partial charge in [-0.25, -0.2) is 0 Å². The molecular formula is C15H19ClN2O2. The minimum atomic E-state index is -0.518. The smallest absolute Gasteiger partial charge is 0.252 e. The van der Waals surface area contributed by atoms with E-state index in [4.69, 9.17) is 11.6 Å². The van der Waals surface area contributed by atoms with Crippen molar-refractivity contribution >= 4 is 29.1 Å². The van der Waals surface area contributed by atoms with Crippen LogP contribution in [0.15, 0.2) is 18.2 Å². The van der Waals surface area contributed by atoms with Crippen LogP contribution in [-0.4, -0.2) is 28.8 Å². The summed E-state index contributed by atoms with van der Waals surface area (Å²) in [5, 5.41) is 3.68. The molecule has 1 aliphatic heterocycles. The summed E-state index contributed by atoms with van der Waals surface area (Å²) in [4.78, 5) is 25.7. The molecule has 2 atom stereocenters. The Balaban J connectivity index is 2.20. The van der Waals surface area contributed by atoms with Gasteiger partial charge in [0, 0.05) is 6.04 Å². The van der Waals surface area contributed by atoms with Gasteiger partial charge in [0.05, 0.1) is 17.1 Å². The van der Waals surface area contributed by atoms with E-state index in [0.717, 1.165) is 17.7 Å². The van der Waals surface area contributed by atoms with Crippen molar-refractivity contribution in [2.24, 2.45) is 0 Å². The number of amides is 2. The average Bonchev–Trinajstić information content (AvgIpc) is 2.68. The second-order valence-electron chi connectivity index (χ2n) is 5.19. The number of aryl methyl sites for hydroxylation is 1. The minimum Gasteiger partial charge on any atom is -0.372 e.